The summed E-state index contributed by atoms with van der Waals surface area (Å²) in [6.07, 6.45) is 11.5. The second kappa shape index (κ2) is 9.40. The van der Waals surface area contributed by atoms with E-state index in [1.54, 1.807) is 0 Å². The number of allylic oxidation sites excluding steroid dienone is 4. The molecular formula is C16H28N2S. The van der Waals surface area contributed by atoms with Gasteiger partial charge in [0.15, 0.2) is 0 Å². The molecule has 1 aliphatic carbocycles. The largest absolute Gasteiger partial charge is 0.305 e. The maximum atomic E-state index is 3.39. The Balaban J connectivity index is 2.39. The Hall–Kier alpha value is -0.510. The van der Waals surface area contributed by atoms with Crippen molar-refractivity contribution >= 4 is 11.8 Å². The van der Waals surface area contributed by atoms with Crippen molar-refractivity contribution < 1.29 is 0 Å². The average Bonchev–Trinajstić information content (AvgIpc) is 2.41. The highest BCUT2D eigenvalue weighted by atomic mass is 32.2. The molecule has 0 aliphatic heterocycles. The summed E-state index contributed by atoms with van der Waals surface area (Å²) in [5, 5.41) is 7.33. The number of thioether (sulfide) groups is 1. The third-order valence-electron chi connectivity index (χ3n) is 3.39. The molecule has 1 rings (SSSR count). The van der Waals surface area contributed by atoms with Crippen molar-refractivity contribution in [3.05, 3.63) is 34.9 Å². The van der Waals surface area contributed by atoms with Crippen molar-refractivity contribution in [2.45, 2.75) is 38.9 Å². The first kappa shape index (κ1) is 16.5. The summed E-state index contributed by atoms with van der Waals surface area (Å²) < 4.78 is 0. The quantitative estimate of drug-likeness (QED) is 0.526. The maximum Gasteiger partial charge on any atom is 0.0454 e. The third-order valence-corrected chi connectivity index (χ3v) is 4.32. The maximum absolute atomic E-state index is 3.39. The van der Waals surface area contributed by atoms with Gasteiger partial charge in [0.1, 0.15) is 0 Å². The topological polar surface area (TPSA) is 24.1 Å². The Morgan fingerprint density at radius 2 is 2.26 bits per heavy atom. The highest BCUT2D eigenvalue weighted by Crippen LogP contribution is 2.27. The zero-order valence-corrected chi connectivity index (χ0v) is 13.6. The molecule has 19 heavy (non-hydrogen) atoms. The Morgan fingerprint density at radius 1 is 1.47 bits per heavy atom. The second-order valence-electron chi connectivity index (χ2n) is 5.09. The lowest BCUT2D eigenvalue weighted by atomic mass is 9.96. The lowest BCUT2D eigenvalue weighted by molar-refractivity contribution is 0.598. The van der Waals surface area contributed by atoms with Crippen LogP contribution in [-0.4, -0.2) is 31.3 Å². The first-order valence-corrected chi connectivity index (χ1v) is 8.45. The Kier molecular flexibility index (Phi) is 8.19. The Morgan fingerprint density at radius 3 is 2.89 bits per heavy atom. The van der Waals surface area contributed by atoms with E-state index < -0.39 is 0 Å². The van der Waals surface area contributed by atoms with E-state index in [9.17, 15) is 0 Å². The predicted octanol–water partition coefficient (Wildman–Crippen LogP) is 3.49. The molecular weight excluding hydrogens is 252 g/mol. The molecule has 2 nitrogen and oxygen atoms in total. The van der Waals surface area contributed by atoms with Gasteiger partial charge >= 0.3 is 0 Å². The monoisotopic (exact) mass is 280 g/mol. The molecule has 0 aromatic rings. The van der Waals surface area contributed by atoms with Gasteiger partial charge in [0.2, 0.25) is 0 Å². The summed E-state index contributed by atoms with van der Waals surface area (Å²) in [5.74, 6) is 0. The summed E-state index contributed by atoms with van der Waals surface area (Å²) in [7, 11) is 0. The SMILES string of the molecule is CCNCNCC/C(C)=C/C1=C(C)CC(SC)C=C1. The van der Waals surface area contributed by atoms with E-state index in [0.29, 0.717) is 5.25 Å². The highest BCUT2D eigenvalue weighted by molar-refractivity contribution is 7.99. The van der Waals surface area contributed by atoms with Gasteiger partial charge in [-0.2, -0.15) is 11.8 Å². The number of hydrogen-bond acceptors (Lipinski definition) is 3. The van der Waals surface area contributed by atoms with Gasteiger partial charge in [-0.3, -0.25) is 0 Å². The molecule has 2 N–H and O–H groups in total. The van der Waals surface area contributed by atoms with Gasteiger partial charge in [0, 0.05) is 18.5 Å². The first-order valence-electron chi connectivity index (χ1n) is 7.16. The van der Waals surface area contributed by atoms with E-state index in [0.717, 1.165) is 26.2 Å². The van der Waals surface area contributed by atoms with Crippen molar-refractivity contribution in [3.8, 4) is 0 Å². The molecule has 0 spiro atoms. The van der Waals surface area contributed by atoms with E-state index >= 15 is 0 Å². The van der Waals surface area contributed by atoms with Crippen LogP contribution in [0.3, 0.4) is 0 Å². The third kappa shape index (κ3) is 6.46. The first-order chi connectivity index (χ1) is 9.17. The van der Waals surface area contributed by atoms with Gasteiger partial charge in [-0.15, -0.1) is 0 Å². The minimum absolute atomic E-state index is 0.666. The lowest BCUT2D eigenvalue weighted by Gasteiger charge is -2.17. The lowest BCUT2D eigenvalue weighted by Crippen LogP contribution is -2.29. The molecule has 0 fully saturated rings. The number of hydrogen-bond donors (Lipinski definition) is 2. The van der Waals surface area contributed by atoms with Crippen LogP contribution in [-0.2, 0) is 0 Å². The Bertz CT molecular complexity index is 356. The van der Waals surface area contributed by atoms with Crippen LogP contribution in [0.2, 0.25) is 0 Å². The summed E-state index contributed by atoms with van der Waals surface area (Å²) in [5.41, 5.74) is 4.38. The normalized spacial score (nSPS) is 20.2. The fourth-order valence-electron chi connectivity index (χ4n) is 2.10. The molecule has 0 aromatic carbocycles. The van der Waals surface area contributed by atoms with Crippen LogP contribution in [0.5, 0.6) is 0 Å². The van der Waals surface area contributed by atoms with E-state index in [1.807, 2.05) is 11.8 Å². The van der Waals surface area contributed by atoms with Crippen molar-refractivity contribution in [1.82, 2.24) is 10.6 Å². The number of rotatable bonds is 8. The van der Waals surface area contributed by atoms with Crippen LogP contribution in [0.25, 0.3) is 0 Å². The minimum atomic E-state index is 0.666. The van der Waals surface area contributed by atoms with Crippen LogP contribution in [0.4, 0.5) is 0 Å². The molecule has 1 unspecified atom stereocenters. The fourth-order valence-corrected chi connectivity index (χ4v) is 2.75. The van der Waals surface area contributed by atoms with Gasteiger partial charge in [0.25, 0.3) is 0 Å². The predicted molar refractivity (Wildman–Crippen MR) is 88.7 cm³/mol. The molecule has 0 bridgehead atoms. The molecule has 3 heteroatoms. The van der Waals surface area contributed by atoms with E-state index in [2.05, 4.69) is 55.9 Å². The zero-order valence-electron chi connectivity index (χ0n) is 12.8. The molecule has 0 radical (unpaired) electrons. The van der Waals surface area contributed by atoms with Crippen molar-refractivity contribution in [1.29, 1.82) is 0 Å². The summed E-state index contributed by atoms with van der Waals surface area (Å²) in [4.78, 5) is 0. The van der Waals surface area contributed by atoms with Crippen molar-refractivity contribution in [2.75, 3.05) is 26.0 Å². The van der Waals surface area contributed by atoms with Crippen molar-refractivity contribution in [3.63, 3.8) is 0 Å². The van der Waals surface area contributed by atoms with Crippen molar-refractivity contribution in [2.24, 2.45) is 0 Å². The van der Waals surface area contributed by atoms with Gasteiger partial charge in [-0.1, -0.05) is 36.3 Å². The molecule has 0 amide bonds. The molecule has 0 saturated heterocycles. The van der Waals surface area contributed by atoms with Crippen LogP contribution in [0.15, 0.2) is 34.9 Å². The van der Waals surface area contributed by atoms with Crippen LogP contribution in [0.1, 0.15) is 33.6 Å². The molecule has 0 saturated carbocycles. The molecule has 1 aliphatic rings. The average molecular weight is 280 g/mol. The van der Waals surface area contributed by atoms with Crippen LogP contribution in [0, 0.1) is 0 Å². The molecule has 108 valence electrons. The summed E-state index contributed by atoms with van der Waals surface area (Å²) >= 11 is 1.93. The van der Waals surface area contributed by atoms with E-state index in [1.165, 1.54) is 23.1 Å². The van der Waals surface area contributed by atoms with Crippen LogP contribution < -0.4 is 10.6 Å². The van der Waals surface area contributed by atoms with Gasteiger partial charge in [0.05, 0.1) is 0 Å². The molecule has 1 atom stereocenters. The fraction of sp³-hybridized carbons (Fsp3) is 0.625. The van der Waals surface area contributed by atoms with E-state index in [-0.39, 0.29) is 0 Å². The van der Waals surface area contributed by atoms with Gasteiger partial charge in [-0.25, -0.2) is 0 Å². The van der Waals surface area contributed by atoms with Gasteiger partial charge in [-0.05, 0) is 45.1 Å². The van der Waals surface area contributed by atoms with E-state index in [4.69, 9.17) is 0 Å². The highest BCUT2D eigenvalue weighted by Gasteiger charge is 2.10. The second-order valence-corrected chi connectivity index (χ2v) is 6.17. The molecule has 0 aromatic heterocycles. The summed E-state index contributed by atoms with van der Waals surface area (Å²) in [6, 6.07) is 0. The minimum Gasteiger partial charge on any atom is -0.305 e. The van der Waals surface area contributed by atoms with Crippen LogP contribution >= 0.6 is 11.8 Å². The smallest absolute Gasteiger partial charge is 0.0454 e. The standard InChI is InChI=1S/C16H28N2S/c1-5-17-12-18-9-8-13(2)10-15-6-7-16(19-4)11-14(15)3/h6-7,10,16-18H,5,8-9,11-12H2,1-4H3/b13-10+. The zero-order chi connectivity index (χ0) is 14.1. The Labute approximate surface area is 122 Å². The summed E-state index contributed by atoms with van der Waals surface area (Å²) in [6.45, 7) is 9.58. The number of nitrogens with one attached hydrogen (secondary N) is 2. The van der Waals surface area contributed by atoms with Gasteiger partial charge < -0.3 is 10.6 Å². The molecule has 0 heterocycles.